The van der Waals surface area contributed by atoms with E-state index in [0.717, 1.165) is 22.0 Å². The van der Waals surface area contributed by atoms with E-state index in [-0.39, 0.29) is 37.9 Å². The van der Waals surface area contributed by atoms with Crippen LogP contribution in [0.3, 0.4) is 0 Å². The number of nitrogens with zero attached hydrogens (tertiary/aromatic N) is 2. The standard InChI is InChI=1S/C34H41N5O7/c1-22(2)16-17-30(40)33(43)46-37-31(41)28(36-34(44)45-20-24-10-5-4-6-11-24)18-26-19-38(32(42)23(3)35)21-39(26)29-15-9-13-25-12-7-8-14-27(25)29/h4-15,19,22-23,28,30,40H,16-18,20-21,35H2,1-3H3,(H,36,44)(H,37,41)/t23-,28?,30-/m0/s1. The number of anilines is 1. The Bertz CT molecular complexity index is 1550. The number of aliphatic hydroxyl groups excluding tert-OH is 1. The van der Waals surface area contributed by atoms with Crippen LogP contribution in [0.2, 0.25) is 0 Å². The van der Waals surface area contributed by atoms with Crippen LogP contribution in [0, 0.1) is 5.92 Å². The van der Waals surface area contributed by atoms with Gasteiger partial charge in [-0.25, -0.2) is 9.59 Å². The van der Waals surface area contributed by atoms with Crippen molar-refractivity contribution >= 4 is 40.3 Å². The van der Waals surface area contributed by atoms with E-state index in [4.69, 9.17) is 15.3 Å². The van der Waals surface area contributed by atoms with Crippen LogP contribution in [0.15, 0.2) is 84.7 Å². The number of nitrogens with two attached hydrogens (primary N) is 1. The van der Waals surface area contributed by atoms with Crippen molar-refractivity contribution in [3.8, 4) is 0 Å². The first-order valence-corrected chi connectivity index (χ1v) is 15.2. The molecule has 46 heavy (non-hydrogen) atoms. The SMILES string of the molecule is CC(C)CC[C@H](O)C(=O)ONC(=O)C(CC1=CN(C(=O)[C@H](C)N)CN1c1cccc2ccccc12)NC(=O)OCc1ccccc1. The van der Waals surface area contributed by atoms with Gasteiger partial charge in [0.25, 0.3) is 5.91 Å². The molecule has 0 bridgehead atoms. The average Bonchev–Trinajstić information content (AvgIpc) is 3.47. The molecule has 0 saturated carbocycles. The van der Waals surface area contributed by atoms with Crippen molar-refractivity contribution in [1.82, 2.24) is 15.7 Å². The number of ether oxygens (including phenoxy) is 1. The minimum absolute atomic E-state index is 0.0421. The van der Waals surface area contributed by atoms with Gasteiger partial charge in [-0.05, 0) is 42.7 Å². The third kappa shape index (κ3) is 9.05. The number of hydroxylamine groups is 1. The van der Waals surface area contributed by atoms with Crippen LogP contribution in [-0.4, -0.2) is 58.7 Å². The van der Waals surface area contributed by atoms with E-state index in [1.54, 1.807) is 37.4 Å². The molecule has 4 rings (SSSR count). The molecule has 0 aliphatic carbocycles. The Balaban J connectivity index is 1.58. The van der Waals surface area contributed by atoms with Crippen molar-refractivity contribution in [2.75, 3.05) is 11.6 Å². The van der Waals surface area contributed by atoms with Gasteiger partial charge in [-0.1, -0.05) is 80.6 Å². The van der Waals surface area contributed by atoms with E-state index in [9.17, 15) is 24.3 Å². The molecule has 3 aromatic carbocycles. The molecule has 3 amide bonds. The molecule has 0 spiro atoms. The number of amides is 3. The fourth-order valence-electron chi connectivity index (χ4n) is 4.94. The van der Waals surface area contributed by atoms with Crippen LogP contribution in [0.25, 0.3) is 10.8 Å². The van der Waals surface area contributed by atoms with Gasteiger partial charge in [0.1, 0.15) is 19.3 Å². The number of carbonyl (C=O) groups is 4. The fraction of sp³-hybridized carbons (Fsp3) is 0.353. The molecule has 1 heterocycles. The minimum atomic E-state index is -1.43. The lowest BCUT2D eigenvalue weighted by molar-refractivity contribution is -0.167. The summed E-state index contributed by atoms with van der Waals surface area (Å²) in [6.45, 7) is 5.57. The zero-order valence-electron chi connectivity index (χ0n) is 26.2. The Morgan fingerprint density at radius 2 is 1.63 bits per heavy atom. The Morgan fingerprint density at radius 1 is 0.935 bits per heavy atom. The minimum Gasteiger partial charge on any atom is -0.445 e. The normalized spacial score (nSPS) is 14.8. The highest BCUT2D eigenvalue weighted by atomic mass is 16.7. The maximum absolute atomic E-state index is 13.4. The van der Waals surface area contributed by atoms with Crippen molar-refractivity contribution in [2.45, 2.75) is 64.8 Å². The van der Waals surface area contributed by atoms with Crippen LogP contribution < -0.4 is 21.4 Å². The van der Waals surface area contributed by atoms with Crippen LogP contribution >= 0.6 is 0 Å². The Morgan fingerprint density at radius 3 is 2.35 bits per heavy atom. The molecule has 5 N–H and O–H groups in total. The number of fused-ring (bicyclic) bond motifs is 1. The van der Waals surface area contributed by atoms with Gasteiger partial charge >= 0.3 is 12.1 Å². The highest BCUT2D eigenvalue weighted by molar-refractivity contribution is 5.96. The molecule has 1 aliphatic rings. The Kier molecular flexibility index (Phi) is 11.7. The predicted molar refractivity (Wildman–Crippen MR) is 172 cm³/mol. The van der Waals surface area contributed by atoms with E-state index in [0.29, 0.717) is 12.1 Å². The monoisotopic (exact) mass is 631 g/mol. The molecule has 0 fully saturated rings. The van der Waals surface area contributed by atoms with Gasteiger partial charge in [0, 0.05) is 23.7 Å². The highest BCUT2D eigenvalue weighted by Gasteiger charge is 2.33. The second kappa shape index (κ2) is 15.9. The summed E-state index contributed by atoms with van der Waals surface area (Å²) in [5.74, 6) is -1.96. The molecular weight excluding hydrogens is 590 g/mol. The summed E-state index contributed by atoms with van der Waals surface area (Å²) < 4.78 is 5.36. The molecule has 12 nitrogen and oxygen atoms in total. The molecule has 1 aliphatic heterocycles. The predicted octanol–water partition coefficient (Wildman–Crippen LogP) is 3.69. The number of alkyl carbamates (subject to hydrolysis) is 1. The molecule has 0 radical (unpaired) electrons. The molecule has 3 aromatic rings. The first-order chi connectivity index (χ1) is 22.0. The summed E-state index contributed by atoms with van der Waals surface area (Å²) in [7, 11) is 0. The largest absolute Gasteiger partial charge is 0.445 e. The topological polar surface area (TPSA) is 164 Å². The maximum atomic E-state index is 13.4. The van der Waals surface area contributed by atoms with Crippen molar-refractivity contribution in [2.24, 2.45) is 11.7 Å². The van der Waals surface area contributed by atoms with Gasteiger partial charge < -0.3 is 30.6 Å². The molecule has 1 unspecified atom stereocenters. The number of nitrogens with one attached hydrogen (secondary N) is 2. The number of hydrogen-bond acceptors (Lipinski definition) is 9. The number of benzene rings is 3. The Labute approximate surface area is 268 Å². The number of hydrogen-bond donors (Lipinski definition) is 4. The first-order valence-electron chi connectivity index (χ1n) is 15.2. The molecule has 0 saturated heterocycles. The average molecular weight is 632 g/mol. The second-order valence-corrected chi connectivity index (χ2v) is 11.6. The van der Waals surface area contributed by atoms with Crippen molar-refractivity contribution in [1.29, 1.82) is 0 Å². The summed E-state index contributed by atoms with van der Waals surface area (Å²) in [6.07, 6.45) is -0.0988. The zero-order valence-corrected chi connectivity index (χ0v) is 26.2. The van der Waals surface area contributed by atoms with E-state index >= 15 is 0 Å². The molecule has 244 valence electrons. The van der Waals surface area contributed by atoms with Gasteiger partial charge in [0.05, 0.1) is 11.7 Å². The van der Waals surface area contributed by atoms with E-state index in [1.807, 2.05) is 67.3 Å². The summed E-state index contributed by atoms with van der Waals surface area (Å²) in [5, 5.41) is 14.6. The van der Waals surface area contributed by atoms with Crippen molar-refractivity contribution < 1.29 is 33.9 Å². The number of rotatable bonds is 12. The van der Waals surface area contributed by atoms with Gasteiger partial charge in [-0.15, -0.1) is 0 Å². The molecule has 3 atom stereocenters. The summed E-state index contributed by atoms with van der Waals surface area (Å²) in [6, 6.07) is 20.4. The van der Waals surface area contributed by atoms with Crippen LogP contribution in [0.4, 0.5) is 10.5 Å². The van der Waals surface area contributed by atoms with Crippen LogP contribution in [-0.2, 0) is 30.6 Å². The lowest BCUT2D eigenvalue weighted by Gasteiger charge is -2.27. The van der Waals surface area contributed by atoms with Crippen molar-refractivity contribution in [3.05, 3.63) is 90.3 Å². The fourth-order valence-corrected chi connectivity index (χ4v) is 4.94. The maximum Gasteiger partial charge on any atom is 0.408 e. The molecular formula is C34H41N5O7. The smallest absolute Gasteiger partial charge is 0.408 e. The van der Waals surface area contributed by atoms with Gasteiger partial charge in [-0.2, -0.15) is 5.48 Å². The highest BCUT2D eigenvalue weighted by Crippen LogP contribution is 2.34. The Hall–Kier alpha value is -4.94. The third-order valence-corrected chi connectivity index (χ3v) is 7.45. The first kappa shape index (κ1) is 33.9. The van der Waals surface area contributed by atoms with Gasteiger partial charge in [0.2, 0.25) is 5.91 Å². The summed E-state index contributed by atoms with van der Waals surface area (Å²) in [4.78, 5) is 59.9. The summed E-state index contributed by atoms with van der Waals surface area (Å²) >= 11 is 0. The quantitative estimate of drug-likeness (QED) is 0.218. The van der Waals surface area contributed by atoms with E-state index in [2.05, 4.69) is 10.8 Å². The molecule has 12 heteroatoms. The van der Waals surface area contributed by atoms with Crippen molar-refractivity contribution in [3.63, 3.8) is 0 Å². The van der Waals surface area contributed by atoms with Crippen LogP contribution in [0.5, 0.6) is 0 Å². The van der Waals surface area contributed by atoms with Gasteiger partial charge in [0.15, 0.2) is 6.10 Å². The van der Waals surface area contributed by atoms with Gasteiger partial charge in [-0.3, -0.25) is 14.5 Å². The number of carbonyl (C=O) groups excluding carboxylic acids is 4. The lowest BCUT2D eigenvalue weighted by atomic mass is 10.1. The zero-order chi connectivity index (χ0) is 33.2. The summed E-state index contributed by atoms with van der Waals surface area (Å²) in [5.41, 5.74) is 10.0. The molecule has 0 aromatic heterocycles. The second-order valence-electron chi connectivity index (χ2n) is 11.6. The van der Waals surface area contributed by atoms with E-state index < -0.39 is 36.2 Å². The third-order valence-electron chi connectivity index (χ3n) is 7.45. The number of aliphatic hydroxyl groups is 1. The lowest BCUT2D eigenvalue weighted by Crippen LogP contribution is -2.48. The van der Waals surface area contributed by atoms with Crippen LogP contribution in [0.1, 0.15) is 45.6 Å². The van der Waals surface area contributed by atoms with E-state index in [1.165, 1.54) is 4.90 Å².